The molecule has 0 heterocycles. The monoisotopic (exact) mass is 275 g/mol. The second-order valence-electron chi connectivity index (χ2n) is 5.98. The summed E-state index contributed by atoms with van der Waals surface area (Å²) < 4.78 is 0. The van der Waals surface area contributed by atoms with Crippen LogP contribution in [0.25, 0.3) is 0 Å². The summed E-state index contributed by atoms with van der Waals surface area (Å²) in [6.45, 7) is 0. The van der Waals surface area contributed by atoms with E-state index < -0.39 is 0 Å². The van der Waals surface area contributed by atoms with Crippen LogP contribution in [0.15, 0.2) is 11.8 Å². The minimum atomic E-state index is -0.222. The van der Waals surface area contributed by atoms with Crippen LogP contribution in [-0.2, 0) is 4.79 Å². The lowest BCUT2D eigenvalue weighted by molar-refractivity contribution is -0.117. The van der Waals surface area contributed by atoms with E-state index >= 15 is 0 Å². The number of nitriles is 1. The van der Waals surface area contributed by atoms with Crippen LogP contribution in [0.5, 0.6) is 0 Å². The molecule has 0 spiro atoms. The highest BCUT2D eigenvalue weighted by Crippen LogP contribution is 2.18. The van der Waals surface area contributed by atoms with Crippen LogP contribution in [0, 0.1) is 11.3 Å². The molecule has 110 valence electrons. The maximum atomic E-state index is 12.0. The van der Waals surface area contributed by atoms with Gasteiger partial charge in [-0.2, -0.15) is 5.26 Å². The molecule has 2 N–H and O–H groups in total. The highest BCUT2D eigenvalue weighted by molar-refractivity contribution is 5.97. The summed E-state index contributed by atoms with van der Waals surface area (Å²) >= 11 is 0. The molecule has 0 saturated heterocycles. The zero-order chi connectivity index (χ0) is 14.2. The molecule has 0 radical (unpaired) electrons. The number of hydrogen-bond donors (Lipinski definition) is 2. The molecular weight excluding hydrogens is 250 g/mol. The van der Waals surface area contributed by atoms with Gasteiger partial charge in [-0.05, 0) is 25.7 Å². The average Bonchev–Trinajstić information content (AvgIpc) is 2.81. The molecule has 0 atom stereocenters. The number of nitrogens with one attached hydrogen (secondary N) is 2. The molecule has 0 aromatic heterocycles. The quantitative estimate of drug-likeness (QED) is 0.471. The van der Waals surface area contributed by atoms with Crippen LogP contribution in [0.2, 0.25) is 0 Å². The number of carbonyl (C=O) groups excluding carboxylic acids is 1. The summed E-state index contributed by atoms with van der Waals surface area (Å²) in [4.78, 5) is 12.0. The van der Waals surface area contributed by atoms with Crippen LogP contribution in [0.3, 0.4) is 0 Å². The number of rotatable bonds is 4. The van der Waals surface area contributed by atoms with Gasteiger partial charge < -0.3 is 10.6 Å². The Bertz CT molecular complexity index is 383. The zero-order valence-electron chi connectivity index (χ0n) is 12.2. The molecule has 1 amide bonds. The molecule has 0 unspecified atom stereocenters. The fourth-order valence-corrected chi connectivity index (χ4v) is 3.13. The van der Waals surface area contributed by atoms with Crippen molar-refractivity contribution in [2.75, 3.05) is 0 Å². The molecule has 4 heteroatoms. The van der Waals surface area contributed by atoms with Crippen molar-refractivity contribution in [1.29, 1.82) is 5.26 Å². The molecule has 0 aliphatic heterocycles. The topological polar surface area (TPSA) is 64.9 Å². The number of carbonyl (C=O) groups is 1. The second-order valence-corrected chi connectivity index (χ2v) is 5.98. The number of amides is 1. The van der Waals surface area contributed by atoms with Crippen molar-refractivity contribution in [2.24, 2.45) is 0 Å². The van der Waals surface area contributed by atoms with E-state index in [0.717, 1.165) is 25.7 Å². The molecule has 2 aliphatic carbocycles. The molecular formula is C16H25N3O. The fraction of sp³-hybridized carbons (Fsp3) is 0.750. The van der Waals surface area contributed by atoms with Gasteiger partial charge in [0, 0.05) is 18.3 Å². The predicted molar refractivity (Wildman–Crippen MR) is 78.7 cm³/mol. The third-order valence-electron chi connectivity index (χ3n) is 4.37. The molecule has 0 aromatic carbocycles. The van der Waals surface area contributed by atoms with E-state index in [1.807, 2.05) is 6.07 Å². The van der Waals surface area contributed by atoms with Gasteiger partial charge in [-0.1, -0.05) is 38.5 Å². The van der Waals surface area contributed by atoms with E-state index in [2.05, 4.69) is 10.6 Å². The maximum Gasteiger partial charge on any atom is 0.263 e. The summed E-state index contributed by atoms with van der Waals surface area (Å²) in [5, 5.41) is 15.4. The smallest absolute Gasteiger partial charge is 0.263 e. The minimum absolute atomic E-state index is 0.209. The van der Waals surface area contributed by atoms with Gasteiger partial charge in [-0.15, -0.1) is 0 Å². The maximum absolute atomic E-state index is 12.0. The Morgan fingerprint density at radius 3 is 2.10 bits per heavy atom. The fourth-order valence-electron chi connectivity index (χ4n) is 3.13. The van der Waals surface area contributed by atoms with Crippen molar-refractivity contribution in [2.45, 2.75) is 76.3 Å². The van der Waals surface area contributed by atoms with Gasteiger partial charge in [-0.3, -0.25) is 4.79 Å². The lowest BCUT2D eigenvalue weighted by Gasteiger charge is -2.15. The lowest BCUT2D eigenvalue weighted by atomic mass is 10.1. The minimum Gasteiger partial charge on any atom is -0.387 e. The summed E-state index contributed by atoms with van der Waals surface area (Å²) in [5.74, 6) is -0.222. The molecule has 2 saturated carbocycles. The Hall–Kier alpha value is -1.50. The average molecular weight is 275 g/mol. The van der Waals surface area contributed by atoms with Gasteiger partial charge in [0.05, 0.1) is 0 Å². The van der Waals surface area contributed by atoms with Crippen molar-refractivity contribution < 1.29 is 4.79 Å². The first-order valence-corrected chi connectivity index (χ1v) is 7.97. The summed E-state index contributed by atoms with van der Waals surface area (Å²) in [6.07, 6.45) is 13.4. The highest BCUT2D eigenvalue weighted by Gasteiger charge is 2.19. The first kappa shape index (κ1) is 14.9. The Morgan fingerprint density at radius 1 is 0.950 bits per heavy atom. The summed E-state index contributed by atoms with van der Waals surface area (Å²) in [6, 6.07) is 2.70. The van der Waals surface area contributed by atoms with E-state index in [9.17, 15) is 4.79 Å². The Labute approximate surface area is 121 Å². The lowest BCUT2D eigenvalue weighted by Crippen LogP contribution is -2.34. The van der Waals surface area contributed by atoms with Crippen molar-refractivity contribution in [3.63, 3.8) is 0 Å². The van der Waals surface area contributed by atoms with Crippen molar-refractivity contribution in [3.05, 3.63) is 11.8 Å². The van der Waals surface area contributed by atoms with Crippen LogP contribution >= 0.6 is 0 Å². The van der Waals surface area contributed by atoms with E-state index in [1.165, 1.54) is 38.5 Å². The van der Waals surface area contributed by atoms with Crippen molar-refractivity contribution in [3.8, 4) is 6.07 Å². The third kappa shape index (κ3) is 4.56. The first-order chi connectivity index (χ1) is 9.79. The van der Waals surface area contributed by atoms with Crippen LogP contribution < -0.4 is 10.6 Å². The number of nitrogens with zero attached hydrogens (tertiary/aromatic N) is 1. The normalized spacial score (nSPS) is 22.1. The summed E-state index contributed by atoms with van der Waals surface area (Å²) in [5.41, 5.74) is 0.209. The first-order valence-electron chi connectivity index (χ1n) is 7.97. The van der Waals surface area contributed by atoms with E-state index in [4.69, 9.17) is 5.26 Å². The molecule has 2 fully saturated rings. The SMILES string of the molecule is N#C/C(=C/NC1CCCCCC1)C(=O)NC1CCCC1. The van der Waals surface area contributed by atoms with E-state index in [0.29, 0.717) is 6.04 Å². The van der Waals surface area contributed by atoms with E-state index in [-0.39, 0.29) is 17.5 Å². The van der Waals surface area contributed by atoms with Gasteiger partial charge in [0.25, 0.3) is 5.91 Å². The van der Waals surface area contributed by atoms with E-state index in [1.54, 1.807) is 6.20 Å². The van der Waals surface area contributed by atoms with Crippen molar-refractivity contribution in [1.82, 2.24) is 10.6 Å². The molecule has 0 aromatic rings. The molecule has 2 rings (SSSR count). The molecule has 20 heavy (non-hydrogen) atoms. The van der Waals surface area contributed by atoms with Crippen LogP contribution in [0.4, 0.5) is 0 Å². The largest absolute Gasteiger partial charge is 0.387 e. The third-order valence-corrected chi connectivity index (χ3v) is 4.37. The summed E-state index contributed by atoms with van der Waals surface area (Å²) in [7, 11) is 0. The van der Waals surface area contributed by atoms with Gasteiger partial charge in [0.15, 0.2) is 0 Å². The van der Waals surface area contributed by atoms with Gasteiger partial charge in [-0.25, -0.2) is 0 Å². The Balaban J connectivity index is 1.84. The zero-order valence-corrected chi connectivity index (χ0v) is 12.2. The molecule has 4 nitrogen and oxygen atoms in total. The second kappa shape index (κ2) is 7.94. The van der Waals surface area contributed by atoms with Crippen molar-refractivity contribution >= 4 is 5.91 Å². The van der Waals surface area contributed by atoms with Crippen LogP contribution in [-0.4, -0.2) is 18.0 Å². The van der Waals surface area contributed by atoms with Crippen LogP contribution in [0.1, 0.15) is 64.2 Å². The number of hydrogen-bond acceptors (Lipinski definition) is 3. The Kier molecular flexibility index (Phi) is 5.91. The molecule has 0 bridgehead atoms. The van der Waals surface area contributed by atoms with Gasteiger partial charge in [0.2, 0.25) is 0 Å². The highest BCUT2D eigenvalue weighted by atomic mass is 16.1. The van der Waals surface area contributed by atoms with Gasteiger partial charge in [0.1, 0.15) is 11.6 Å². The molecule has 2 aliphatic rings. The standard InChI is InChI=1S/C16H25N3O/c17-11-13(16(20)19-15-9-5-6-10-15)12-18-14-7-3-1-2-4-8-14/h12,14-15,18H,1-10H2,(H,19,20)/b13-12-. The Morgan fingerprint density at radius 2 is 1.50 bits per heavy atom. The van der Waals surface area contributed by atoms with Gasteiger partial charge >= 0.3 is 0 Å². The predicted octanol–water partition coefficient (Wildman–Crippen LogP) is 2.77.